The van der Waals surface area contributed by atoms with Crippen molar-refractivity contribution in [3.63, 3.8) is 0 Å². The Morgan fingerprint density at radius 3 is 2.75 bits per heavy atom. The molecule has 66 valence electrons. The number of benzene rings is 1. The number of nitrogens with two attached hydrogens (primary N) is 2. The lowest BCUT2D eigenvalue weighted by Crippen LogP contribution is -2.34. The van der Waals surface area contributed by atoms with Crippen LogP contribution >= 0.6 is 15.9 Å². The van der Waals surface area contributed by atoms with Crippen LogP contribution in [0.15, 0.2) is 22.7 Å². The highest BCUT2D eigenvalue weighted by molar-refractivity contribution is 9.10. The van der Waals surface area contributed by atoms with Crippen LogP contribution in [-0.2, 0) is 0 Å². The molecule has 3 nitrogen and oxygen atoms in total. The Labute approximate surface area is 78.0 Å². The molecule has 0 aliphatic rings. The molecule has 0 bridgehead atoms. The number of rotatable bonds is 2. The number of hydrogen-bond acceptors (Lipinski definition) is 3. The Hall–Kier alpha value is -0.490. The lowest BCUT2D eigenvalue weighted by Gasteiger charge is -2.11. The Kier molecular flexibility index (Phi) is 3.16. The first-order chi connectivity index (χ1) is 5.65. The predicted molar refractivity (Wildman–Crippen MR) is 48.4 cm³/mol. The monoisotopic (exact) mass is 233 g/mol. The van der Waals surface area contributed by atoms with Gasteiger partial charge in [0, 0.05) is 10.0 Å². The third-order valence-corrected chi connectivity index (χ3v) is 1.97. The first-order valence-corrected chi connectivity index (χ1v) is 4.11. The zero-order valence-corrected chi connectivity index (χ0v) is 7.81. The van der Waals surface area contributed by atoms with Crippen LogP contribution in [0.1, 0.15) is 11.7 Å². The van der Waals surface area contributed by atoms with E-state index < -0.39 is 6.17 Å². The van der Waals surface area contributed by atoms with Gasteiger partial charge in [0.05, 0.1) is 6.17 Å². The van der Waals surface area contributed by atoms with Crippen molar-refractivity contribution in [1.82, 2.24) is 5.43 Å². The molecular formula is C7H9BrFN3. The highest BCUT2D eigenvalue weighted by atomic mass is 79.9. The van der Waals surface area contributed by atoms with Gasteiger partial charge in [-0.05, 0) is 18.2 Å². The molecule has 0 saturated carbocycles. The maximum absolute atomic E-state index is 13.0. The average molecular weight is 234 g/mol. The zero-order valence-electron chi connectivity index (χ0n) is 6.22. The van der Waals surface area contributed by atoms with Gasteiger partial charge in [0.1, 0.15) is 5.82 Å². The third kappa shape index (κ3) is 2.01. The van der Waals surface area contributed by atoms with Crippen LogP contribution in [0.5, 0.6) is 0 Å². The smallest absolute Gasteiger partial charge is 0.129 e. The van der Waals surface area contributed by atoms with Crippen LogP contribution < -0.4 is 17.0 Å². The second-order valence-corrected chi connectivity index (χ2v) is 3.23. The topological polar surface area (TPSA) is 64.1 Å². The van der Waals surface area contributed by atoms with E-state index in [9.17, 15) is 4.39 Å². The number of hydrazine groups is 1. The minimum absolute atomic E-state index is 0.340. The van der Waals surface area contributed by atoms with Crippen molar-refractivity contribution in [3.8, 4) is 0 Å². The van der Waals surface area contributed by atoms with E-state index in [-0.39, 0.29) is 5.82 Å². The van der Waals surface area contributed by atoms with Crippen LogP contribution in [0.4, 0.5) is 4.39 Å². The lowest BCUT2D eigenvalue weighted by atomic mass is 10.2. The first kappa shape index (κ1) is 9.60. The molecule has 0 aliphatic carbocycles. The Morgan fingerprint density at radius 2 is 2.17 bits per heavy atom. The maximum Gasteiger partial charge on any atom is 0.129 e. The van der Waals surface area contributed by atoms with E-state index in [1.165, 1.54) is 6.07 Å². The van der Waals surface area contributed by atoms with Gasteiger partial charge in [-0.1, -0.05) is 15.9 Å². The molecule has 5 N–H and O–H groups in total. The summed E-state index contributed by atoms with van der Waals surface area (Å²) in [6.45, 7) is 0. The standard InChI is InChI=1S/C7H9BrFN3/c8-4-1-2-6(9)5(3-4)7(10)12-11/h1-3,7,12H,10-11H2. The summed E-state index contributed by atoms with van der Waals surface area (Å²) in [6, 6.07) is 4.51. The number of nitrogens with one attached hydrogen (secondary N) is 1. The van der Waals surface area contributed by atoms with Crippen molar-refractivity contribution >= 4 is 15.9 Å². The molecule has 0 aliphatic heterocycles. The molecule has 0 radical (unpaired) electrons. The molecule has 0 spiro atoms. The molecule has 1 aromatic carbocycles. The summed E-state index contributed by atoms with van der Waals surface area (Å²) in [7, 11) is 0. The number of halogens is 2. The fourth-order valence-corrected chi connectivity index (χ4v) is 1.22. The molecular weight excluding hydrogens is 225 g/mol. The largest absolute Gasteiger partial charge is 0.311 e. The van der Waals surface area contributed by atoms with Crippen LogP contribution in [0.25, 0.3) is 0 Å². The SMILES string of the molecule is NNC(N)c1cc(Br)ccc1F. The van der Waals surface area contributed by atoms with Gasteiger partial charge >= 0.3 is 0 Å². The predicted octanol–water partition coefficient (Wildman–Crippen LogP) is 1.01. The zero-order chi connectivity index (χ0) is 9.14. The molecule has 0 amide bonds. The van der Waals surface area contributed by atoms with Gasteiger partial charge in [-0.15, -0.1) is 0 Å². The van der Waals surface area contributed by atoms with Crippen molar-refractivity contribution < 1.29 is 4.39 Å². The Bertz CT molecular complexity index is 279. The summed E-state index contributed by atoms with van der Waals surface area (Å²) in [5.74, 6) is 4.69. The molecule has 1 rings (SSSR count). The molecule has 5 heteroatoms. The average Bonchev–Trinajstić information content (AvgIpc) is 2.08. The highest BCUT2D eigenvalue weighted by Gasteiger charge is 2.09. The summed E-state index contributed by atoms with van der Waals surface area (Å²) in [4.78, 5) is 0. The van der Waals surface area contributed by atoms with Crippen LogP contribution in [0.2, 0.25) is 0 Å². The molecule has 0 fully saturated rings. The summed E-state index contributed by atoms with van der Waals surface area (Å²) >= 11 is 3.20. The minimum atomic E-state index is -0.678. The van der Waals surface area contributed by atoms with Crippen molar-refractivity contribution in [2.45, 2.75) is 6.17 Å². The Balaban J connectivity index is 3.04. The fraction of sp³-hybridized carbons (Fsp3) is 0.143. The summed E-state index contributed by atoms with van der Waals surface area (Å²) in [5, 5.41) is 0. The third-order valence-electron chi connectivity index (χ3n) is 1.47. The molecule has 0 aromatic heterocycles. The quantitative estimate of drug-likeness (QED) is 0.406. The second-order valence-electron chi connectivity index (χ2n) is 2.31. The molecule has 12 heavy (non-hydrogen) atoms. The minimum Gasteiger partial charge on any atom is -0.311 e. The van der Waals surface area contributed by atoms with Crippen LogP contribution in [-0.4, -0.2) is 0 Å². The van der Waals surface area contributed by atoms with Gasteiger partial charge in [0.25, 0.3) is 0 Å². The van der Waals surface area contributed by atoms with Gasteiger partial charge in [-0.3, -0.25) is 5.84 Å². The van der Waals surface area contributed by atoms with Crippen molar-refractivity contribution in [1.29, 1.82) is 0 Å². The van der Waals surface area contributed by atoms with E-state index in [2.05, 4.69) is 21.4 Å². The molecule has 1 aromatic rings. The van der Waals surface area contributed by atoms with Crippen LogP contribution in [0.3, 0.4) is 0 Å². The van der Waals surface area contributed by atoms with Crippen LogP contribution in [0, 0.1) is 5.82 Å². The van der Waals surface area contributed by atoms with Gasteiger partial charge < -0.3 is 5.73 Å². The van der Waals surface area contributed by atoms with Gasteiger partial charge in [0.2, 0.25) is 0 Å². The van der Waals surface area contributed by atoms with E-state index >= 15 is 0 Å². The van der Waals surface area contributed by atoms with Gasteiger partial charge in [0.15, 0.2) is 0 Å². The Morgan fingerprint density at radius 1 is 1.50 bits per heavy atom. The molecule has 1 atom stereocenters. The van der Waals surface area contributed by atoms with E-state index in [1.54, 1.807) is 12.1 Å². The highest BCUT2D eigenvalue weighted by Crippen LogP contribution is 2.18. The van der Waals surface area contributed by atoms with Gasteiger partial charge in [-0.2, -0.15) is 0 Å². The number of hydrogen-bond donors (Lipinski definition) is 3. The first-order valence-electron chi connectivity index (χ1n) is 3.32. The van der Waals surface area contributed by atoms with E-state index in [4.69, 9.17) is 11.6 Å². The molecule has 1 unspecified atom stereocenters. The van der Waals surface area contributed by atoms with E-state index in [0.29, 0.717) is 5.56 Å². The normalized spacial score (nSPS) is 13.0. The van der Waals surface area contributed by atoms with Crippen molar-refractivity contribution in [2.24, 2.45) is 11.6 Å². The molecule has 0 heterocycles. The van der Waals surface area contributed by atoms with Gasteiger partial charge in [-0.25, -0.2) is 9.82 Å². The summed E-state index contributed by atoms with van der Waals surface area (Å²) in [6.07, 6.45) is -0.678. The van der Waals surface area contributed by atoms with Crippen molar-refractivity contribution in [2.75, 3.05) is 0 Å². The summed E-state index contributed by atoms with van der Waals surface area (Å²) < 4.78 is 13.8. The molecule has 0 saturated heterocycles. The maximum atomic E-state index is 13.0. The fourth-order valence-electron chi connectivity index (χ4n) is 0.843. The van der Waals surface area contributed by atoms with E-state index in [1.807, 2.05) is 0 Å². The lowest BCUT2D eigenvalue weighted by molar-refractivity contribution is 0.526. The van der Waals surface area contributed by atoms with Crippen molar-refractivity contribution in [3.05, 3.63) is 34.1 Å². The van der Waals surface area contributed by atoms with E-state index in [0.717, 1.165) is 4.47 Å². The second kappa shape index (κ2) is 3.95. The summed E-state index contributed by atoms with van der Waals surface area (Å²) in [5.41, 5.74) is 8.07.